The molecule has 1 amide bonds. The number of fused-ring (bicyclic) bond motifs is 1. The Morgan fingerprint density at radius 1 is 1.06 bits per heavy atom. The van der Waals surface area contributed by atoms with Crippen LogP contribution >= 0.6 is 23.2 Å². The molecule has 0 radical (unpaired) electrons. The van der Waals surface area contributed by atoms with Gasteiger partial charge in [0.2, 0.25) is 0 Å². The summed E-state index contributed by atoms with van der Waals surface area (Å²) in [5.41, 5.74) is 2.56. The number of hydrogen-bond acceptors (Lipinski definition) is 3. The molecule has 1 atom stereocenters. The van der Waals surface area contributed by atoms with Crippen LogP contribution in [0.5, 0.6) is 5.75 Å². The normalized spacial score (nSPS) is 16.1. The van der Waals surface area contributed by atoms with Gasteiger partial charge in [0.25, 0.3) is 5.91 Å². The highest BCUT2D eigenvalue weighted by molar-refractivity contribution is 6.36. The Bertz CT molecular complexity index is 1370. The molecule has 0 aliphatic carbocycles. The van der Waals surface area contributed by atoms with Crippen molar-refractivity contribution in [1.29, 1.82) is 0 Å². The molecule has 1 aliphatic rings. The van der Waals surface area contributed by atoms with Gasteiger partial charge in [-0.2, -0.15) is 0 Å². The molecule has 1 unspecified atom stereocenters. The van der Waals surface area contributed by atoms with E-state index in [1.807, 2.05) is 33.7 Å². The first-order chi connectivity index (χ1) is 16.5. The zero-order valence-electron chi connectivity index (χ0n) is 18.5. The Kier molecular flexibility index (Phi) is 6.19. The molecular formula is C26H22Cl2FN3O2. The number of carbonyl (C=O) groups excluding carboxylic acids is 1. The third kappa shape index (κ3) is 4.12. The summed E-state index contributed by atoms with van der Waals surface area (Å²) in [6.45, 7) is 0.572. The van der Waals surface area contributed by atoms with Crippen LogP contribution < -0.4 is 4.74 Å². The fraction of sp³-hybridized carbons (Fsp3) is 0.231. The van der Waals surface area contributed by atoms with Gasteiger partial charge in [-0.3, -0.25) is 9.36 Å². The van der Waals surface area contributed by atoms with Crippen LogP contribution in [0.4, 0.5) is 4.39 Å². The van der Waals surface area contributed by atoms with Crippen molar-refractivity contribution < 1.29 is 13.9 Å². The number of nitrogens with zero attached hydrogens (tertiary/aromatic N) is 3. The minimum atomic E-state index is -0.358. The highest BCUT2D eigenvalue weighted by Gasteiger charge is 2.33. The zero-order valence-corrected chi connectivity index (χ0v) is 20.0. The number of halogens is 3. The van der Waals surface area contributed by atoms with Crippen LogP contribution in [0, 0.1) is 5.82 Å². The predicted octanol–water partition coefficient (Wildman–Crippen LogP) is 6.85. The van der Waals surface area contributed by atoms with Crippen molar-refractivity contribution in [3.63, 3.8) is 0 Å². The van der Waals surface area contributed by atoms with Crippen LogP contribution in [0.15, 0.2) is 60.7 Å². The molecule has 0 saturated carbocycles. The third-order valence-corrected chi connectivity index (χ3v) is 6.74. The van der Waals surface area contributed by atoms with Gasteiger partial charge in [-0.1, -0.05) is 23.2 Å². The number of ether oxygens (including phenoxy) is 1. The number of imidazole rings is 1. The molecular weight excluding hydrogens is 476 g/mol. The quantitative estimate of drug-likeness (QED) is 0.309. The van der Waals surface area contributed by atoms with Gasteiger partial charge in [-0.25, -0.2) is 9.37 Å². The lowest BCUT2D eigenvalue weighted by atomic mass is 9.99. The second-order valence-electron chi connectivity index (χ2n) is 8.27. The monoisotopic (exact) mass is 497 g/mol. The minimum Gasteiger partial charge on any atom is -0.497 e. The first-order valence-electron chi connectivity index (χ1n) is 11.0. The lowest BCUT2D eigenvalue weighted by Crippen LogP contribution is -2.39. The Hall–Kier alpha value is -3.09. The summed E-state index contributed by atoms with van der Waals surface area (Å²) in [5.74, 6) is 0.880. The molecule has 5 nitrogen and oxygen atoms in total. The van der Waals surface area contributed by atoms with Gasteiger partial charge < -0.3 is 9.64 Å². The van der Waals surface area contributed by atoms with E-state index in [2.05, 4.69) is 0 Å². The van der Waals surface area contributed by atoms with Gasteiger partial charge >= 0.3 is 0 Å². The average molecular weight is 498 g/mol. The Balaban J connectivity index is 1.64. The van der Waals surface area contributed by atoms with Crippen molar-refractivity contribution >= 4 is 40.1 Å². The van der Waals surface area contributed by atoms with Crippen molar-refractivity contribution in [3.8, 4) is 11.4 Å². The molecule has 8 heteroatoms. The van der Waals surface area contributed by atoms with Gasteiger partial charge in [0.15, 0.2) is 0 Å². The van der Waals surface area contributed by atoms with Crippen LogP contribution in [-0.4, -0.2) is 34.0 Å². The Morgan fingerprint density at radius 3 is 2.59 bits per heavy atom. The maximum Gasteiger partial charge on any atom is 0.255 e. The van der Waals surface area contributed by atoms with E-state index in [0.717, 1.165) is 36.2 Å². The summed E-state index contributed by atoms with van der Waals surface area (Å²) >= 11 is 12.4. The largest absolute Gasteiger partial charge is 0.497 e. The maximum atomic E-state index is 14.1. The van der Waals surface area contributed by atoms with E-state index in [4.69, 9.17) is 32.9 Å². The van der Waals surface area contributed by atoms with Gasteiger partial charge in [-0.05, 0) is 73.9 Å². The summed E-state index contributed by atoms with van der Waals surface area (Å²) in [6.07, 6.45) is 2.56. The topological polar surface area (TPSA) is 47.4 Å². The summed E-state index contributed by atoms with van der Waals surface area (Å²) in [7, 11) is 1.61. The van der Waals surface area contributed by atoms with Gasteiger partial charge in [0.1, 0.15) is 17.4 Å². The number of hydrogen-bond donors (Lipinski definition) is 0. The number of benzene rings is 3. The minimum absolute atomic E-state index is 0.175. The molecule has 0 bridgehead atoms. The second kappa shape index (κ2) is 9.28. The number of carbonyl (C=O) groups is 1. The van der Waals surface area contributed by atoms with Crippen LogP contribution in [0.1, 0.15) is 41.5 Å². The van der Waals surface area contributed by atoms with Gasteiger partial charge in [0.05, 0.1) is 34.8 Å². The molecule has 4 aromatic rings. The van der Waals surface area contributed by atoms with E-state index in [1.54, 1.807) is 31.4 Å². The molecule has 1 aromatic heterocycles. The SMILES string of the molecule is COc1ccc(-n2c(C3CCCCN3C(=O)c3ccc(Cl)cc3Cl)nc3cc(F)ccc32)cc1. The zero-order chi connectivity index (χ0) is 23.8. The van der Waals surface area contributed by atoms with Crippen LogP contribution in [0.25, 0.3) is 16.7 Å². The first kappa shape index (κ1) is 22.7. The summed E-state index contributed by atoms with van der Waals surface area (Å²) in [6, 6.07) is 16.7. The van der Waals surface area contributed by atoms with E-state index < -0.39 is 0 Å². The number of rotatable bonds is 4. The lowest BCUT2D eigenvalue weighted by molar-refractivity contribution is 0.0599. The van der Waals surface area contributed by atoms with E-state index >= 15 is 0 Å². The van der Waals surface area contributed by atoms with Gasteiger partial charge in [0, 0.05) is 23.3 Å². The molecule has 3 aromatic carbocycles. The second-order valence-corrected chi connectivity index (χ2v) is 9.11. The fourth-order valence-corrected chi connectivity index (χ4v) is 5.05. The molecule has 5 rings (SSSR count). The number of piperidine rings is 1. The molecule has 1 aliphatic heterocycles. The van der Waals surface area contributed by atoms with Crippen LogP contribution in [-0.2, 0) is 0 Å². The van der Waals surface area contributed by atoms with Crippen molar-refractivity contribution in [2.24, 2.45) is 0 Å². The average Bonchev–Trinajstić information content (AvgIpc) is 3.22. The Labute approximate surface area is 206 Å². The summed E-state index contributed by atoms with van der Waals surface area (Å²) in [4.78, 5) is 20.2. The van der Waals surface area contributed by atoms with E-state index in [9.17, 15) is 9.18 Å². The summed E-state index contributed by atoms with van der Waals surface area (Å²) < 4.78 is 21.4. The number of amides is 1. The Morgan fingerprint density at radius 2 is 1.85 bits per heavy atom. The van der Waals surface area contributed by atoms with Crippen LogP contribution in [0.3, 0.4) is 0 Å². The molecule has 1 saturated heterocycles. The molecule has 0 N–H and O–H groups in total. The van der Waals surface area contributed by atoms with E-state index in [0.29, 0.717) is 33.5 Å². The van der Waals surface area contributed by atoms with E-state index in [1.165, 1.54) is 12.1 Å². The molecule has 1 fully saturated rings. The van der Waals surface area contributed by atoms with Gasteiger partial charge in [-0.15, -0.1) is 0 Å². The number of likely N-dealkylation sites (tertiary alicyclic amines) is 1. The highest BCUT2D eigenvalue weighted by Crippen LogP contribution is 2.36. The number of aromatic nitrogens is 2. The van der Waals surface area contributed by atoms with Crippen molar-refractivity contribution in [2.45, 2.75) is 25.3 Å². The van der Waals surface area contributed by atoms with E-state index in [-0.39, 0.29) is 17.8 Å². The fourth-order valence-electron chi connectivity index (χ4n) is 4.56. The lowest BCUT2D eigenvalue weighted by Gasteiger charge is -2.36. The predicted molar refractivity (Wildman–Crippen MR) is 132 cm³/mol. The molecule has 0 spiro atoms. The third-order valence-electron chi connectivity index (χ3n) is 6.20. The maximum absolute atomic E-state index is 14.1. The smallest absolute Gasteiger partial charge is 0.255 e. The molecule has 2 heterocycles. The summed E-state index contributed by atoms with van der Waals surface area (Å²) in [5, 5.41) is 0.785. The number of methoxy groups -OCH3 is 1. The van der Waals surface area contributed by atoms with Crippen molar-refractivity contribution in [1.82, 2.24) is 14.5 Å². The first-order valence-corrected chi connectivity index (χ1v) is 11.8. The van der Waals surface area contributed by atoms with Crippen molar-refractivity contribution in [3.05, 3.63) is 87.9 Å². The highest BCUT2D eigenvalue weighted by atomic mass is 35.5. The molecule has 34 heavy (non-hydrogen) atoms. The van der Waals surface area contributed by atoms with Crippen LogP contribution in [0.2, 0.25) is 10.0 Å². The van der Waals surface area contributed by atoms with Crippen molar-refractivity contribution in [2.75, 3.05) is 13.7 Å². The standard InChI is InChI=1S/C26H22Cl2FN3O2/c1-34-19-9-7-18(8-10-19)32-23-12-6-17(29)15-22(23)30-25(32)24-4-2-3-13-31(24)26(33)20-11-5-16(27)14-21(20)28/h5-12,14-15,24H,2-4,13H2,1H3. The molecule has 174 valence electrons.